The summed E-state index contributed by atoms with van der Waals surface area (Å²) in [6.45, 7) is 5.96. The highest BCUT2D eigenvalue weighted by atomic mass is 32.2. The molecule has 0 saturated carbocycles. The molecule has 1 amide bonds. The van der Waals surface area contributed by atoms with Gasteiger partial charge in [-0.25, -0.2) is 8.42 Å². The van der Waals surface area contributed by atoms with E-state index in [-0.39, 0.29) is 10.0 Å². The van der Waals surface area contributed by atoms with Crippen LogP contribution in [0.1, 0.15) is 28.4 Å². The Bertz CT molecular complexity index is 1250. The van der Waals surface area contributed by atoms with Crippen molar-refractivity contribution in [2.75, 3.05) is 16.6 Å². The van der Waals surface area contributed by atoms with Crippen molar-refractivity contribution >= 4 is 44.6 Å². The maximum Gasteiger partial charge on any atom is 0.261 e. The van der Waals surface area contributed by atoms with Gasteiger partial charge >= 0.3 is 0 Å². The predicted octanol–water partition coefficient (Wildman–Crippen LogP) is 4.63. The van der Waals surface area contributed by atoms with E-state index in [1.54, 1.807) is 36.4 Å². The third-order valence-electron chi connectivity index (χ3n) is 4.80. The van der Waals surface area contributed by atoms with E-state index in [9.17, 15) is 13.2 Å². The summed E-state index contributed by atoms with van der Waals surface area (Å²) in [4.78, 5) is 12.7. The van der Waals surface area contributed by atoms with E-state index in [0.717, 1.165) is 11.1 Å². The highest BCUT2D eigenvalue weighted by Gasteiger charge is 2.17. The summed E-state index contributed by atoms with van der Waals surface area (Å²) in [5.41, 5.74) is 3.13. The molecule has 0 radical (unpaired) electrons. The molecular formula is C24H25N3O4S2. The second-order valence-corrected chi connectivity index (χ2v) is 9.32. The Labute approximate surface area is 199 Å². The number of ether oxygens (including phenoxy) is 1. The third-order valence-corrected chi connectivity index (χ3v) is 6.37. The molecule has 172 valence electrons. The predicted molar refractivity (Wildman–Crippen MR) is 134 cm³/mol. The van der Waals surface area contributed by atoms with Crippen LogP contribution in [0.15, 0.2) is 71.6 Å². The maximum atomic E-state index is 12.8. The van der Waals surface area contributed by atoms with Gasteiger partial charge in [-0.1, -0.05) is 30.3 Å². The van der Waals surface area contributed by atoms with Gasteiger partial charge in [-0.2, -0.15) is 0 Å². The molecule has 0 aliphatic carbocycles. The second-order valence-electron chi connectivity index (χ2n) is 7.23. The van der Waals surface area contributed by atoms with E-state index in [1.807, 2.05) is 39.0 Å². The first-order valence-electron chi connectivity index (χ1n) is 10.2. The Balaban J connectivity index is 1.67. The molecular weight excluding hydrogens is 458 g/mol. The number of benzene rings is 3. The molecule has 0 atom stereocenters. The van der Waals surface area contributed by atoms with Crippen LogP contribution in [0.3, 0.4) is 0 Å². The first-order chi connectivity index (χ1) is 15.7. The summed E-state index contributed by atoms with van der Waals surface area (Å²) in [6.07, 6.45) is 0. The van der Waals surface area contributed by atoms with Crippen LogP contribution in [0.25, 0.3) is 0 Å². The van der Waals surface area contributed by atoms with Gasteiger partial charge in [0.2, 0.25) is 0 Å². The highest BCUT2D eigenvalue weighted by Crippen LogP contribution is 2.24. The van der Waals surface area contributed by atoms with Crippen molar-refractivity contribution in [1.29, 1.82) is 0 Å². The number of hydrogen-bond acceptors (Lipinski definition) is 5. The minimum absolute atomic E-state index is 0.0792. The van der Waals surface area contributed by atoms with Gasteiger partial charge in [0.05, 0.1) is 22.8 Å². The monoisotopic (exact) mass is 483 g/mol. The number of hydrogen-bond donors (Lipinski definition) is 3. The Morgan fingerprint density at radius 1 is 0.939 bits per heavy atom. The van der Waals surface area contributed by atoms with Crippen molar-refractivity contribution in [2.45, 2.75) is 25.7 Å². The molecule has 0 aliphatic rings. The molecule has 3 aromatic rings. The van der Waals surface area contributed by atoms with Gasteiger partial charge in [0.1, 0.15) is 5.75 Å². The summed E-state index contributed by atoms with van der Waals surface area (Å²) in [5.74, 6) is 0.0554. The van der Waals surface area contributed by atoms with Crippen molar-refractivity contribution in [3.63, 3.8) is 0 Å². The van der Waals surface area contributed by atoms with E-state index >= 15 is 0 Å². The minimum atomic E-state index is -3.76. The first kappa shape index (κ1) is 24.2. The summed E-state index contributed by atoms with van der Waals surface area (Å²) in [5, 5.41) is 5.57. The average Bonchev–Trinajstić information content (AvgIpc) is 2.77. The number of carbonyl (C=O) groups excluding carboxylic acids is 1. The summed E-state index contributed by atoms with van der Waals surface area (Å²) >= 11 is 5.23. The molecule has 0 aliphatic heterocycles. The maximum absolute atomic E-state index is 12.8. The van der Waals surface area contributed by atoms with E-state index in [1.165, 1.54) is 12.1 Å². The quantitative estimate of drug-likeness (QED) is 0.424. The van der Waals surface area contributed by atoms with Gasteiger partial charge in [-0.05, 0) is 80.5 Å². The Morgan fingerprint density at radius 2 is 1.58 bits per heavy atom. The molecule has 7 nitrogen and oxygen atoms in total. The number of rotatable bonds is 7. The molecule has 0 heterocycles. The smallest absolute Gasteiger partial charge is 0.261 e. The van der Waals surface area contributed by atoms with E-state index in [2.05, 4.69) is 15.4 Å². The summed E-state index contributed by atoms with van der Waals surface area (Å²) in [7, 11) is -3.76. The number of anilines is 2. The van der Waals surface area contributed by atoms with Crippen molar-refractivity contribution in [1.82, 2.24) is 5.32 Å². The van der Waals surface area contributed by atoms with Gasteiger partial charge in [0.25, 0.3) is 15.9 Å². The first-order valence-corrected chi connectivity index (χ1v) is 12.1. The van der Waals surface area contributed by atoms with Crippen molar-refractivity contribution in [3.8, 4) is 5.75 Å². The fraction of sp³-hybridized carbons (Fsp3) is 0.167. The highest BCUT2D eigenvalue weighted by molar-refractivity contribution is 7.92. The average molecular weight is 484 g/mol. The van der Waals surface area contributed by atoms with Gasteiger partial charge in [0, 0.05) is 5.69 Å². The van der Waals surface area contributed by atoms with Crippen molar-refractivity contribution in [2.24, 2.45) is 0 Å². The van der Waals surface area contributed by atoms with Gasteiger partial charge in [0.15, 0.2) is 5.11 Å². The summed E-state index contributed by atoms with van der Waals surface area (Å²) in [6, 6.07) is 18.5. The molecule has 0 spiro atoms. The Kier molecular flexibility index (Phi) is 7.67. The third kappa shape index (κ3) is 6.09. The molecule has 0 bridgehead atoms. The molecule has 3 N–H and O–H groups in total. The minimum Gasteiger partial charge on any atom is -0.493 e. The lowest BCUT2D eigenvalue weighted by molar-refractivity contribution is 0.0974. The van der Waals surface area contributed by atoms with Crippen LogP contribution in [0.2, 0.25) is 0 Å². The van der Waals surface area contributed by atoms with Crippen LogP contribution in [-0.2, 0) is 10.0 Å². The van der Waals surface area contributed by atoms with Gasteiger partial charge in [-0.15, -0.1) is 0 Å². The number of nitrogens with one attached hydrogen (secondary N) is 3. The molecule has 0 saturated heterocycles. The van der Waals surface area contributed by atoms with Crippen LogP contribution in [0.5, 0.6) is 5.75 Å². The van der Waals surface area contributed by atoms with Crippen LogP contribution in [0.4, 0.5) is 11.4 Å². The zero-order valence-corrected chi connectivity index (χ0v) is 20.1. The number of thiocarbonyl (C=S) groups is 1. The zero-order chi connectivity index (χ0) is 24.0. The van der Waals surface area contributed by atoms with E-state index in [4.69, 9.17) is 17.0 Å². The molecule has 0 aromatic heterocycles. The van der Waals surface area contributed by atoms with Gasteiger partial charge < -0.3 is 10.1 Å². The van der Waals surface area contributed by atoms with Crippen LogP contribution in [0, 0.1) is 13.8 Å². The number of para-hydroxylation sites is 2. The van der Waals surface area contributed by atoms with Crippen LogP contribution in [-0.4, -0.2) is 26.0 Å². The van der Waals surface area contributed by atoms with Crippen LogP contribution >= 0.6 is 12.2 Å². The topological polar surface area (TPSA) is 96.5 Å². The standard InChI is InChI=1S/C24H25N3O4S2/c1-4-31-21-11-6-5-10-20(21)23(28)26-24(32)25-18-12-14-19(15-13-18)33(29,30)27-22-16(2)8-7-9-17(22)3/h5-15,27H,4H2,1-3H3,(H2,25,26,28,32). The van der Waals surface area contributed by atoms with Crippen molar-refractivity contribution in [3.05, 3.63) is 83.4 Å². The number of sulfonamides is 1. The number of aryl methyl sites for hydroxylation is 2. The lowest BCUT2D eigenvalue weighted by Gasteiger charge is -2.14. The fourth-order valence-electron chi connectivity index (χ4n) is 3.15. The molecule has 0 fully saturated rings. The van der Waals surface area contributed by atoms with Gasteiger partial charge in [-0.3, -0.25) is 14.8 Å². The van der Waals surface area contributed by atoms with E-state index in [0.29, 0.717) is 29.3 Å². The molecule has 9 heteroatoms. The lowest BCUT2D eigenvalue weighted by Crippen LogP contribution is -2.34. The Morgan fingerprint density at radius 3 is 2.21 bits per heavy atom. The zero-order valence-electron chi connectivity index (χ0n) is 18.5. The molecule has 0 unspecified atom stereocenters. The van der Waals surface area contributed by atoms with E-state index < -0.39 is 15.9 Å². The lowest BCUT2D eigenvalue weighted by atomic mass is 10.1. The largest absolute Gasteiger partial charge is 0.493 e. The van der Waals surface area contributed by atoms with Crippen molar-refractivity contribution < 1.29 is 17.9 Å². The molecule has 33 heavy (non-hydrogen) atoms. The SMILES string of the molecule is CCOc1ccccc1C(=O)NC(=S)Nc1ccc(S(=O)(=O)Nc2c(C)cccc2C)cc1. The summed E-state index contributed by atoms with van der Waals surface area (Å²) < 4.78 is 33.7. The normalized spacial score (nSPS) is 10.9. The number of carbonyl (C=O) groups is 1. The Hall–Kier alpha value is -3.43. The van der Waals surface area contributed by atoms with Crippen LogP contribution < -0.4 is 20.1 Å². The molecule has 3 aromatic carbocycles. The fourth-order valence-corrected chi connectivity index (χ4v) is 4.57. The molecule has 3 rings (SSSR count). The number of amides is 1. The second kappa shape index (κ2) is 10.5.